The lowest BCUT2D eigenvalue weighted by Crippen LogP contribution is -2.27. The average molecular weight is 216 g/mol. The second kappa shape index (κ2) is 3.29. The number of halogens is 2. The summed E-state index contributed by atoms with van der Waals surface area (Å²) in [5.74, 6) is -6.04. The summed E-state index contributed by atoms with van der Waals surface area (Å²) in [5.41, 5.74) is 0.413. The maximum atomic E-state index is 13.2. The molecule has 0 amide bonds. The molecular weight excluding hydrogens is 206 g/mol. The van der Waals surface area contributed by atoms with Crippen molar-refractivity contribution >= 4 is 5.97 Å². The van der Waals surface area contributed by atoms with Crippen LogP contribution >= 0.6 is 0 Å². The van der Waals surface area contributed by atoms with Crippen LogP contribution in [-0.4, -0.2) is 21.3 Å². The van der Waals surface area contributed by atoms with Gasteiger partial charge in [-0.05, 0) is 25.7 Å². The van der Waals surface area contributed by atoms with Gasteiger partial charge in [0.15, 0.2) is 0 Å². The second-order valence-corrected chi connectivity index (χ2v) is 3.62. The second-order valence-electron chi connectivity index (χ2n) is 3.62. The number of hydrogen-bond acceptors (Lipinski definition) is 2. The first-order valence-electron chi connectivity index (χ1n) is 4.71. The van der Waals surface area contributed by atoms with Gasteiger partial charge in [0, 0.05) is 11.3 Å². The lowest BCUT2D eigenvalue weighted by atomic mass is 9.94. The zero-order valence-electron chi connectivity index (χ0n) is 7.89. The van der Waals surface area contributed by atoms with E-state index in [2.05, 4.69) is 10.2 Å². The number of hydrogen-bond donors (Lipinski definition) is 2. The Hall–Kier alpha value is -1.46. The zero-order chi connectivity index (χ0) is 11.1. The van der Waals surface area contributed by atoms with Crippen LogP contribution in [0, 0.1) is 0 Å². The molecule has 0 bridgehead atoms. The Balaban J connectivity index is 2.45. The number of aliphatic carboxylic acids is 1. The standard InChI is InChI=1S/C9H10F2N2O2/c10-9(11,8(14)15)7-5-3-1-2-4-6(5)12-13-7/h1-4H2,(H,12,13)(H,14,15). The van der Waals surface area contributed by atoms with E-state index in [0.717, 1.165) is 12.8 Å². The molecule has 0 spiro atoms. The molecule has 1 aromatic rings. The molecule has 0 aliphatic heterocycles. The van der Waals surface area contributed by atoms with Crippen LogP contribution in [0.4, 0.5) is 8.78 Å². The summed E-state index contributed by atoms with van der Waals surface area (Å²) in [6, 6.07) is 0. The summed E-state index contributed by atoms with van der Waals surface area (Å²) in [4.78, 5) is 10.4. The lowest BCUT2D eigenvalue weighted by Gasteiger charge is -2.14. The van der Waals surface area contributed by atoms with E-state index in [9.17, 15) is 13.6 Å². The smallest absolute Gasteiger partial charge is 0.386 e. The van der Waals surface area contributed by atoms with Gasteiger partial charge in [-0.1, -0.05) is 0 Å². The van der Waals surface area contributed by atoms with Crippen molar-refractivity contribution in [2.24, 2.45) is 0 Å². The predicted molar refractivity (Wildman–Crippen MR) is 46.8 cm³/mol. The summed E-state index contributed by atoms with van der Waals surface area (Å²) in [6.45, 7) is 0. The summed E-state index contributed by atoms with van der Waals surface area (Å²) in [6.07, 6.45) is 2.87. The molecule has 0 fully saturated rings. The van der Waals surface area contributed by atoms with Crippen molar-refractivity contribution in [3.63, 3.8) is 0 Å². The van der Waals surface area contributed by atoms with Crippen LogP contribution in [0.25, 0.3) is 0 Å². The normalized spacial score (nSPS) is 16.1. The first-order chi connectivity index (χ1) is 7.03. The molecule has 0 saturated carbocycles. The van der Waals surface area contributed by atoms with Gasteiger partial charge in [0.25, 0.3) is 0 Å². The van der Waals surface area contributed by atoms with Crippen molar-refractivity contribution < 1.29 is 18.7 Å². The molecule has 15 heavy (non-hydrogen) atoms. The van der Waals surface area contributed by atoms with Gasteiger partial charge < -0.3 is 5.11 Å². The van der Waals surface area contributed by atoms with E-state index in [1.54, 1.807) is 0 Å². The molecule has 1 aromatic heterocycles. The third-order valence-electron chi connectivity index (χ3n) is 2.62. The van der Waals surface area contributed by atoms with Crippen LogP contribution < -0.4 is 0 Å². The van der Waals surface area contributed by atoms with E-state index < -0.39 is 17.6 Å². The Kier molecular flexibility index (Phi) is 2.21. The third kappa shape index (κ3) is 1.49. The van der Waals surface area contributed by atoms with Crippen molar-refractivity contribution in [1.82, 2.24) is 10.2 Å². The summed E-state index contributed by atoms with van der Waals surface area (Å²) in [5, 5.41) is 14.3. The highest BCUT2D eigenvalue weighted by Gasteiger charge is 2.46. The number of carbonyl (C=O) groups is 1. The molecule has 0 aromatic carbocycles. The van der Waals surface area contributed by atoms with Crippen LogP contribution in [0.15, 0.2) is 0 Å². The maximum absolute atomic E-state index is 13.2. The molecule has 1 aliphatic carbocycles. The molecule has 2 N–H and O–H groups in total. The van der Waals surface area contributed by atoms with E-state index in [4.69, 9.17) is 5.11 Å². The molecule has 6 heteroatoms. The average Bonchev–Trinajstić information content (AvgIpc) is 2.61. The Bertz CT molecular complexity index is 401. The monoisotopic (exact) mass is 216 g/mol. The fraction of sp³-hybridized carbons (Fsp3) is 0.556. The van der Waals surface area contributed by atoms with Gasteiger partial charge in [-0.2, -0.15) is 13.9 Å². The zero-order valence-corrected chi connectivity index (χ0v) is 7.89. The Morgan fingerprint density at radius 3 is 2.73 bits per heavy atom. The fourth-order valence-electron chi connectivity index (χ4n) is 1.84. The van der Waals surface area contributed by atoms with Crippen molar-refractivity contribution in [3.8, 4) is 0 Å². The van der Waals surface area contributed by atoms with Crippen molar-refractivity contribution in [1.29, 1.82) is 0 Å². The van der Waals surface area contributed by atoms with Gasteiger partial charge >= 0.3 is 11.9 Å². The molecule has 4 nitrogen and oxygen atoms in total. The molecule has 0 unspecified atom stereocenters. The topological polar surface area (TPSA) is 66.0 Å². The highest BCUT2D eigenvalue weighted by Crippen LogP contribution is 2.33. The van der Waals surface area contributed by atoms with Crippen LogP contribution in [0.1, 0.15) is 29.8 Å². The number of aryl methyl sites for hydroxylation is 1. The maximum Gasteiger partial charge on any atom is 0.386 e. The lowest BCUT2D eigenvalue weighted by molar-refractivity contribution is -0.167. The van der Waals surface area contributed by atoms with Gasteiger partial charge in [-0.15, -0.1) is 0 Å². The van der Waals surface area contributed by atoms with Crippen molar-refractivity contribution in [2.45, 2.75) is 31.6 Å². The number of carboxylic acids is 1. The molecule has 1 aliphatic rings. The number of aromatic nitrogens is 2. The Morgan fingerprint density at radius 2 is 2.07 bits per heavy atom. The summed E-state index contributed by atoms with van der Waals surface area (Å²) >= 11 is 0. The van der Waals surface area contributed by atoms with Gasteiger partial charge in [0.2, 0.25) is 0 Å². The number of nitrogens with one attached hydrogen (secondary N) is 1. The molecule has 0 radical (unpaired) electrons. The van der Waals surface area contributed by atoms with E-state index in [1.807, 2.05) is 0 Å². The van der Waals surface area contributed by atoms with E-state index in [-0.39, 0.29) is 0 Å². The van der Waals surface area contributed by atoms with Crippen LogP contribution in [0.2, 0.25) is 0 Å². The number of carboxylic acid groups (broad SMARTS) is 1. The number of H-pyrrole nitrogens is 1. The van der Waals surface area contributed by atoms with Crippen molar-refractivity contribution in [2.75, 3.05) is 0 Å². The van der Waals surface area contributed by atoms with E-state index in [1.165, 1.54) is 0 Å². The first-order valence-corrected chi connectivity index (χ1v) is 4.71. The fourth-order valence-corrected chi connectivity index (χ4v) is 1.84. The molecule has 1 heterocycles. The molecular formula is C9H10F2N2O2. The number of alkyl halides is 2. The Morgan fingerprint density at radius 1 is 1.40 bits per heavy atom. The van der Waals surface area contributed by atoms with Crippen LogP contribution in [0.5, 0.6) is 0 Å². The van der Waals surface area contributed by atoms with Gasteiger partial charge in [0.05, 0.1) is 0 Å². The molecule has 2 rings (SSSR count). The highest BCUT2D eigenvalue weighted by molar-refractivity contribution is 5.77. The predicted octanol–water partition coefficient (Wildman–Crippen LogP) is 1.46. The Labute approximate surface area is 84.3 Å². The van der Waals surface area contributed by atoms with Gasteiger partial charge in [0.1, 0.15) is 5.69 Å². The SMILES string of the molecule is O=C(O)C(F)(F)c1n[nH]c2c1CCCC2. The van der Waals surface area contributed by atoms with Crippen LogP contribution in [0.3, 0.4) is 0 Å². The van der Waals surface area contributed by atoms with Crippen molar-refractivity contribution in [3.05, 3.63) is 17.0 Å². The summed E-state index contributed by atoms with van der Waals surface area (Å²) < 4.78 is 26.4. The largest absolute Gasteiger partial charge is 0.476 e. The van der Waals surface area contributed by atoms with Crippen LogP contribution in [-0.2, 0) is 23.6 Å². The third-order valence-corrected chi connectivity index (χ3v) is 2.62. The molecule has 0 atom stereocenters. The number of nitrogens with zero attached hydrogens (tertiary/aromatic N) is 1. The minimum Gasteiger partial charge on any atom is -0.476 e. The first kappa shape index (κ1) is 10.1. The minimum absolute atomic E-state index is 0.383. The summed E-state index contributed by atoms with van der Waals surface area (Å²) in [7, 11) is 0. The number of aromatic amines is 1. The van der Waals surface area contributed by atoms with E-state index >= 15 is 0 Å². The highest BCUT2D eigenvalue weighted by atomic mass is 19.3. The van der Waals surface area contributed by atoms with Gasteiger partial charge in [-0.3, -0.25) is 5.10 Å². The minimum atomic E-state index is -3.89. The van der Waals surface area contributed by atoms with Gasteiger partial charge in [-0.25, -0.2) is 4.79 Å². The quantitative estimate of drug-likeness (QED) is 0.786. The molecule has 0 saturated heterocycles. The molecule has 82 valence electrons. The number of fused-ring (bicyclic) bond motifs is 1. The van der Waals surface area contributed by atoms with E-state index in [0.29, 0.717) is 24.1 Å². The number of rotatable bonds is 2.